The highest BCUT2D eigenvalue weighted by atomic mass is 16.6. The van der Waals surface area contributed by atoms with Crippen molar-refractivity contribution in [3.63, 3.8) is 0 Å². The molecule has 0 N–H and O–H groups in total. The number of aromatic nitrogens is 1. The van der Waals surface area contributed by atoms with Gasteiger partial charge in [0.05, 0.1) is 38.0 Å². The van der Waals surface area contributed by atoms with Gasteiger partial charge < -0.3 is 4.57 Å². The summed E-state index contributed by atoms with van der Waals surface area (Å²) in [4.78, 5) is 22.7. The molecule has 0 aliphatic carbocycles. The highest BCUT2D eigenvalue weighted by Gasteiger charge is 2.24. The Hall–Kier alpha value is -4.78. The van der Waals surface area contributed by atoms with Crippen molar-refractivity contribution in [2.75, 3.05) is 0 Å². The van der Waals surface area contributed by atoms with E-state index >= 15 is 0 Å². The summed E-state index contributed by atoms with van der Waals surface area (Å²) in [6.45, 7) is 0. The maximum absolute atomic E-state index is 11.8. The molecular formula is C26H17N3O4. The molecule has 0 radical (unpaired) electrons. The number of benzene rings is 4. The third-order valence-corrected chi connectivity index (χ3v) is 5.64. The molecule has 5 aromatic rings. The predicted molar refractivity (Wildman–Crippen MR) is 127 cm³/mol. The quantitative estimate of drug-likeness (QED) is 0.225. The summed E-state index contributed by atoms with van der Waals surface area (Å²) >= 11 is 0. The number of hydrogen-bond donors (Lipinski definition) is 0. The fraction of sp³-hybridized carbons (Fsp3) is 0. The minimum absolute atomic E-state index is 0.0359. The second-order valence-corrected chi connectivity index (χ2v) is 7.49. The summed E-state index contributed by atoms with van der Waals surface area (Å²) in [6, 6.07) is 30.2. The summed E-state index contributed by atoms with van der Waals surface area (Å²) in [7, 11) is 0. The number of rotatable bonds is 5. The molecule has 7 heteroatoms. The zero-order valence-electron chi connectivity index (χ0n) is 17.3. The second-order valence-electron chi connectivity index (χ2n) is 7.49. The molecular weight excluding hydrogens is 418 g/mol. The first-order valence-corrected chi connectivity index (χ1v) is 10.2. The standard InChI is InChI=1S/C26H17N3O4/c30-28(31)25-13-5-3-11-20(25)23-16-17-24(21-12-4-6-14-26(21)29(32)33)27(23)22-15-7-9-18-8-1-2-10-19(18)22/h1-17H. The lowest BCUT2D eigenvalue weighted by Crippen LogP contribution is -2.03. The lowest BCUT2D eigenvalue weighted by molar-refractivity contribution is -0.384. The molecule has 0 atom stereocenters. The van der Waals surface area contributed by atoms with Crippen molar-refractivity contribution >= 4 is 22.1 Å². The number of nitro benzene ring substituents is 2. The first-order chi connectivity index (χ1) is 16.1. The van der Waals surface area contributed by atoms with Gasteiger partial charge >= 0.3 is 0 Å². The van der Waals surface area contributed by atoms with Gasteiger partial charge in [-0.3, -0.25) is 20.2 Å². The van der Waals surface area contributed by atoms with Crippen LogP contribution in [0.2, 0.25) is 0 Å². The van der Waals surface area contributed by atoms with Gasteiger partial charge in [0.1, 0.15) is 0 Å². The molecule has 0 spiro atoms. The van der Waals surface area contributed by atoms with Crippen LogP contribution in [0, 0.1) is 20.2 Å². The van der Waals surface area contributed by atoms with E-state index in [1.165, 1.54) is 12.1 Å². The normalized spacial score (nSPS) is 10.9. The van der Waals surface area contributed by atoms with Crippen molar-refractivity contribution in [2.24, 2.45) is 0 Å². The Morgan fingerprint density at radius 3 is 1.61 bits per heavy atom. The molecule has 0 aliphatic heterocycles. The fourth-order valence-corrected chi connectivity index (χ4v) is 4.22. The van der Waals surface area contributed by atoms with E-state index in [4.69, 9.17) is 0 Å². The van der Waals surface area contributed by atoms with Crippen LogP contribution in [0.25, 0.3) is 39.0 Å². The van der Waals surface area contributed by atoms with Crippen LogP contribution in [0.1, 0.15) is 0 Å². The molecule has 33 heavy (non-hydrogen) atoms. The van der Waals surface area contributed by atoms with E-state index in [9.17, 15) is 20.2 Å². The Balaban J connectivity index is 1.90. The zero-order valence-corrected chi connectivity index (χ0v) is 17.3. The van der Waals surface area contributed by atoms with Crippen LogP contribution in [0.5, 0.6) is 0 Å². The first kappa shape index (κ1) is 20.1. The van der Waals surface area contributed by atoms with Gasteiger partial charge in [-0.2, -0.15) is 0 Å². The highest BCUT2D eigenvalue weighted by Crippen LogP contribution is 2.40. The van der Waals surface area contributed by atoms with Crippen molar-refractivity contribution in [1.29, 1.82) is 0 Å². The molecule has 0 unspecified atom stereocenters. The van der Waals surface area contributed by atoms with Crippen molar-refractivity contribution in [3.05, 3.63) is 123 Å². The van der Waals surface area contributed by atoms with Gasteiger partial charge in [0, 0.05) is 17.5 Å². The van der Waals surface area contributed by atoms with Gasteiger partial charge in [-0.05, 0) is 35.7 Å². The lowest BCUT2D eigenvalue weighted by Gasteiger charge is -2.17. The van der Waals surface area contributed by atoms with Gasteiger partial charge in [0.2, 0.25) is 0 Å². The van der Waals surface area contributed by atoms with E-state index in [1.54, 1.807) is 48.5 Å². The molecule has 0 saturated heterocycles. The molecule has 5 rings (SSSR count). The molecule has 0 amide bonds. The monoisotopic (exact) mass is 435 g/mol. The van der Waals surface area contributed by atoms with E-state index in [0.717, 1.165) is 16.5 Å². The van der Waals surface area contributed by atoms with E-state index in [0.29, 0.717) is 22.5 Å². The van der Waals surface area contributed by atoms with Crippen LogP contribution in [0.3, 0.4) is 0 Å². The van der Waals surface area contributed by atoms with E-state index in [-0.39, 0.29) is 11.4 Å². The lowest BCUT2D eigenvalue weighted by atomic mass is 10.1. The Labute approximate surface area is 188 Å². The molecule has 1 aromatic heterocycles. The van der Waals surface area contributed by atoms with E-state index in [2.05, 4.69) is 0 Å². The highest BCUT2D eigenvalue weighted by molar-refractivity contribution is 5.93. The smallest absolute Gasteiger partial charge is 0.278 e. The van der Waals surface area contributed by atoms with Crippen molar-refractivity contribution < 1.29 is 9.85 Å². The average molecular weight is 435 g/mol. The number of para-hydroxylation sites is 2. The number of fused-ring (bicyclic) bond motifs is 1. The molecule has 0 bridgehead atoms. The molecule has 4 aromatic carbocycles. The molecule has 0 saturated carbocycles. The third kappa shape index (κ3) is 3.41. The zero-order chi connectivity index (χ0) is 22.9. The minimum Gasteiger partial charge on any atom is -0.308 e. The summed E-state index contributed by atoms with van der Waals surface area (Å²) in [5, 5.41) is 25.5. The summed E-state index contributed by atoms with van der Waals surface area (Å²) in [5.41, 5.74) is 2.72. The number of nitro groups is 2. The molecule has 160 valence electrons. The van der Waals surface area contributed by atoms with Gasteiger partial charge in [-0.1, -0.05) is 60.7 Å². The Bertz CT molecular complexity index is 1460. The van der Waals surface area contributed by atoms with Crippen LogP contribution in [0.4, 0.5) is 11.4 Å². The molecule has 7 nitrogen and oxygen atoms in total. The second kappa shape index (κ2) is 8.05. The Kier molecular flexibility index (Phi) is 4.91. The van der Waals surface area contributed by atoms with Gasteiger partial charge in [-0.25, -0.2) is 0 Å². The van der Waals surface area contributed by atoms with Crippen LogP contribution in [-0.4, -0.2) is 14.4 Å². The maximum atomic E-state index is 11.8. The van der Waals surface area contributed by atoms with Crippen molar-refractivity contribution in [3.8, 4) is 28.2 Å². The average Bonchev–Trinajstić information content (AvgIpc) is 3.28. The van der Waals surface area contributed by atoms with Crippen LogP contribution in [-0.2, 0) is 0 Å². The summed E-state index contributed by atoms with van der Waals surface area (Å²) < 4.78 is 1.87. The predicted octanol–water partition coefficient (Wildman–Crippen LogP) is 6.78. The number of hydrogen-bond acceptors (Lipinski definition) is 4. The molecule has 0 aliphatic rings. The van der Waals surface area contributed by atoms with E-state index < -0.39 is 9.85 Å². The SMILES string of the molecule is O=[N+]([O-])c1ccccc1-c1ccc(-c2ccccc2[N+](=O)[O-])n1-c1cccc2ccccc12. The summed E-state index contributed by atoms with van der Waals surface area (Å²) in [5.74, 6) is 0. The Morgan fingerprint density at radius 2 is 1.03 bits per heavy atom. The largest absolute Gasteiger partial charge is 0.308 e. The molecule has 0 fully saturated rings. The van der Waals surface area contributed by atoms with Crippen LogP contribution in [0.15, 0.2) is 103 Å². The fourth-order valence-electron chi connectivity index (χ4n) is 4.22. The Morgan fingerprint density at radius 1 is 0.545 bits per heavy atom. The van der Waals surface area contributed by atoms with Crippen LogP contribution >= 0.6 is 0 Å². The third-order valence-electron chi connectivity index (χ3n) is 5.64. The minimum atomic E-state index is -0.416. The number of nitrogens with zero attached hydrogens (tertiary/aromatic N) is 3. The summed E-state index contributed by atoms with van der Waals surface area (Å²) in [6.07, 6.45) is 0. The first-order valence-electron chi connectivity index (χ1n) is 10.2. The molecule has 1 heterocycles. The van der Waals surface area contributed by atoms with E-state index in [1.807, 2.05) is 47.0 Å². The van der Waals surface area contributed by atoms with Gasteiger partial charge in [0.15, 0.2) is 0 Å². The topological polar surface area (TPSA) is 91.2 Å². The van der Waals surface area contributed by atoms with Gasteiger partial charge in [0.25, 0.3) is 11.4 Å². The van der Waals surface area contributed by atoms with Crippen molar-refractivity contribution in [1.82, 2.24) is 4.57 Å². The van der Waals surface area contributed by atoms with Crippen molar-refractivity contribution in [2.45, 2.75) is 0 Å². The van der Waals surface area contributed by atoms with Crippen LogP contribution < -0.4 is 0 Å². The maximum Gasteiger partial charge on any atom is 0.278 e. The van der Waals surface area contributed by atoms with Gasteiger partial charge in [-0.15, -0.1) is 0 Å².